The van der Waals surface area contributed by atoms with Gasteiger partial charge in [0.2, 0.25) is 0 Å². The van der Waals surface area contributed by atoms with Crippen LogP contribution >= 0.6 is 43.5 Å². The Morgan fingerprint density at radius 1 is 1.05 bits per heavy atom. The summed E-state index contributed by atoms with van der Waals surface area (Å²) >= 11 is 13.2. The highest BCUT2D eigenvalue weighted by molar-refractivity contribution is 9.10. The zero-order chi connectivity index (χ0) is 14.3. The lowest BCUT2D eigenvalue weighted by molar-refractivity contribution is 0.161. The third-order valence-corrected chi connectivity index (χ3v) is 4.75. The molecule has 2 atom stereocenters. The van der Waals surface area contributed by atoms with Crippen LogP contribution in [-0.4, -0.2) is 0 Å². The monoisotopic (exact) mass is 415 g/mol. The Hall–Kier alpha value is -0.550. The van der Waals surface area contributed by atoms with Crippen molar-refractivity contribution in [1.82, 2.24) is 0 Å². The van der Waals surface area contributed by atoms with Crippen LogP contribution in [0.3, 0.4) is 0 Å². The van der Waals surface area contributed by atoms with Crippen molar-refractivity contribution >= 4 is 43.5 Å². The number of nitrogens with two attached hydrogens (primary N) is 1. The lowest BCUT2D eigenvalue weighted by Gasteiger charge is -2.31. The zero-order valence-corrected chi connectivity index (χ0v) is 14.4. The van der Waals surface area contributed by atoms with Crippen LogP contribution in [-0.2, 0) is 0 Å². The fraction of sp³-hybridized carbons (Fsp3) is 0.200. The molecule has 3 rings (SSSR count). The molecule has 0 saturated carbocycles. The fourth-order valence-electron chi connectivity index (χ4n) is 2.43. The molecule has 1 heterocycles. The van der Waals surface area contributed by atoms with E-state index < -0.39 is 0 Å². The van der Waals surface area contributed by atoms with Crippen molar-refractivity contribution in [2.75, 3.05) is 0 Å². The van der Waals surface area contributed by atoms with E-state index in [9.17, 15) is 0 Å². The molecule has 104 valence electrons. The number of halogens is 3. The van der Waals surface area contributed by atoms with Gasteiger partial charge in [0.05, 0.1) is 0 Å². The standard InChI is InChI=1S/C15H12Br2ClNO/c16-8-2-4-12(18)11(5-8)15-7-13(19)10-3-1-9(17)6-14(10)20-15/h1-6,13,15H,7,19H2/t13-,15?/m1/s1. The summed E-state index contributed by atoms with van der Waals surface area (Å²) in [4.78, 5) is 0. The Labute approximate surface area is 139 Å². The van der Waals surface area contributed by atoms with Gasteiger partial charge in [0, 0.05) is 37.6 Å². The first-order valence-electron chi connectivity index (χ1n) is 6.21. The predicted octanol–water partition coefficient (Wildman–Crippen LogP) is 5.39. The van der Waals surface area contributed by atoms with Crippen LogP contribution in [0.25, 0.3) is 0 Å². The normalized spacial score (nSPS) is 21.2. The fourth-order valence-corrected chi connectivity index (χ4v) is 3.39. The van der Waals surface area contributed by atoms with Crippen LogP contribution in [0.4, 0.5) is 0 Å². The van der Waals surface area contributed by atoms with Gasteiger partial charge in [0.15, 0.2) is 0 Å². The maximum Gasteiger partial charge on any atom is 0.127 e. The van der Waals surface area contributed by atoms with Gasteiger partial charge in [0.1, 0.15) is 11.9 Å². The summed E-state index contributed by atoms with van der Waals surface area (Å²) in [5.41, 5.74) is 8.26. The summed E-state index contributed by atoms with van der Waals surface area (Å²) in [6.07, 6.45) is 0.585. The first-order valence-corrected chi connectivity index (χ1v) is 8.17. The molecule has 5 heteroatoms. The lowest BCUT2D eigenvalue weighted by atomic mass is 9.93. The van der Waals surface area contributed by atoms with Crippen LogP contribution in [0.2, 0.25) is 5.02 Å². The summed E-state index contributed by atoms with van der Waals surface area (Å²) < 4.78 is 8.05. The highest BCUT2D eigenvalue weighted by atomic mass is 79.9. The second kappa shape index (κ2) is 5.68. The van der Waals surface area contributed by atoms with Crippen molar-refractivity contribution in [1.29, 1.82) is 0 Å². The van der Waals surface area contributed by atoms with Gasteiger partial charge in [-0.05, 0) is 30.3 Å². The number of hydrogen-bond donors (Lipinski definition) is 1. The molecule has 2 nitrogen and oxygen atoms in total. The second-order valence-electron chi connectivity index (χ2n) is 4.80. The van der Waals surface area contributed by atoms with E-state index in [1.807, 2.05) is 36.4 Å². The van der Waals surface area contributed by atoms with Gasteiger partial charge >= 0.3 is 0 Å². The summed E-state index contributed by atoms with van der Waals surface area (Å²) in [6, 6.07) is 11.7. The van der Waals surface area contributed by atoms with E-state index in [1.54, 1.807) is 0 Å². The molecule has 0 aromatic heterocycles. The Morgan fingerprint density at radius 3 is 2.55 bits per heavy atom. The van der Waals surface area contributed by atoms with Crippen LogP contribution < -0.4 is 10.5 Å². The summed E-state index contributed by atoms with van der Waals surface area (Å²) in [7, 11) is 0. The minimum absolute atomic E-state index is 0.0492. The van der Waals surface area contributed by atoms with Crippen molar-refractivity contribution in [3.63, 3.8) is 0 Å². The molecule has 0 spiro atoms. The van der Waals surface area contributed by atoms with Gasteiger partial charge in [-0.1, -0.05) is 49.5 Å². The summed E-state index contributed by atoms with van der Waals surface area (Å²) in [5, 5.41) is 0.698. The maximum absolute atomic E-state index is 6.28. The minimum atomic E-state index is -0.128. The highest BCUT2D eigenvalue weighted by Gasteiger charge is 2.28. The minimum Gasteiger partial charge on any atom is -0.485 e. The first-order chi connectivity index (χ1) is 9.54. The first kappa shape index (κ1) is 14.4. The summed E-state index contributed by atoms with van der Waals surface area (Å²) in [6.45, 7) is 0. The third kappa shape index (κ3) is 2.75. The largest absolute Gasteiger partial charge is 0.485 e. The third-order valence-electron chi connectivity index (χ3n) is 3.42. The van der Waals surface area contributed by atoms with E-state index in [0.717, 1.165) is 25.8 Å². The molecule has 2 aromatic carbocycles. The van der Waals surface area contributed by atoms with Gasteiger partial charge in [-0.2, -0.15) is 0 Å². The van der Waals surface area contributed by atoms with Gasteiger partial charge < -0.3 is 10.5 Å². The Bertz CT molecular complexity index is 662. The quantitative estimate of drug-likeness (QED) is 0.675. The van der Waals surface area contributed by atoms with Crippen molar-refractivity contribution in [3.05, 3.63) is 61.5 Å². The van der Waals surface area contributed by atoms with Crippen molar-refractivity contribution in [2.45, 2.75) is 18.6 Å². The molecule has 1 unspecified atom stereocenters. The molecule has 0 bridgehead atoms. The molecule has 0 fully saturated rings. The summed E-state index contributed by atoms with van der Waals surface area (Å²) in [5.74, 6) is 0.819. The molecule has 1 aliphatic heterocycles. The molecular weight excluding hydrogens is 405 g/mol. The molecule has 20 heavy (non-hydrogen) atoms. The smallest absolute Gasteiger partial charge is 0.127 e. The molecule has 2 aromatic rings. The molecule has 0 saturated heterocycles. The van der Waals surface area contributed by atoms with E-state index in [4.69, 9.17) is 22.1 Å². The second-order valence-corrected chi connectivity index (χ2v) is 7.04. The Morgan fingerprint density at radius 2 is 1.75 bits per heavy atom. The Balaban J connectivity index is 2.00. The number of fused-ring (bicyclic) bond motifs is 1. The molecule has 0 amide bonds. The average molecular weight is 418 g/mol. The predicted molar refractivity (Wildman–Crippen MR) is 88.2 cm³/mol. The van der Waals surface area contributed by atoms with Gasteiger partial charge in [0.25, 0.3) is 0 Å². The molecule has 1 aliphatic rings. The van der Waals surface area contributed by atoms with Gasteiger partial charge in [-0.3, -0.25) is 0 Å². The van der Waals surface area contributed by atoms with Crippen LogP contribution in [0.5, 0.6) is 5.75 Å². The van der Waals surface area contributed by atoms with Crippen molar-refractivity contribution in [3.8, 4) is 5.75 Å². The molecule has 0 radical (unpaired) electrons. The topological polar surface area (TPSA) is 35.2 Å². The van der Waals surface area contributed by atoms with E-state index in [2.05, 4.69) is 31.9 Å². The average Bonchev–Trinajstić information content (AvgIpc) is 2.41. The SMILES string of the molecule is N[C@@H]1CC(c2cc(Br)ccc2Cl)Oc2cc(Br)ccc21. The number of benzene rings is 2. The molecule has 0 aliphatic carbocycles. The highest BCUT2D eigenvalue weighted by Crippen LogP contribution is 2.42. The molecule has 2 N–H and O–H groups in total. The van der Waals surface area contributed by atoms with E-state index >= 15 is 0 Å². The van der Waals surface area contributed by atoms with Gasteiger partial charge in [-0.15, -0.1) is 0 Å². The van der Waals surface area contributed by atoms with Crippen molar-refractivity contribution in [2.24, 2.45) is 5.73 Å². The molecular formula is C15H12Br2ClNO. The Kier molecular flexibility index (Phi) is 4.09. The number of rotatable bonds is 1. The van der Waals surface area contributed by atoms with Crippen LogP contribution in [0, 0.1) is 0 Å². The van der Waals surface area contributed by atoms with Gasteiger partial charge in [-0.25, -0.2) is 0 Å². The van der Waals surface area contributed by atoms with E-state index in [1.165, 1.54) is 0 Å². The van der Waals surface area contributed by atoms with Crippen LogP contribution in [0.15, 0.2) is 45.3 Å². The lowest BCUT2D eigenvalue weighted by Crippen LogP contribution is -2.24. The number of ether oxygens (including phenoxy) is 1. The zero-order valence-electron chi connectivity index (χ0n) is 10.4. The van der Waals surface area contributed by atoms with E-state index in [0.29, 0.717) is 11.4 Å². The van der Waals surface area contributed by atoms with Crippen molar-refractivity contribution < 1.29 is 4.74 Å². The van der Waals surface area contributed by atoms with Crippen LogP contribution in [0.1, 0.15) is 29.7 Å². The number of hydrogen-bond acceptors (Lipinski definition) is 2. The maximum atomic E-state index is 6.28. The van der Waals surface area contributed by atoms with E-state index in [-0.39, 0.29) is 12.1 Å².